The Hall–Kier alpha value is -0.590. The molecule has 0 bridgehead atoms. The number of likely N-dealkylation sites (N-methyl/N-ethyl adjacent to an activating group) is 1. The Kier molecular flexibility index (Phi) is 6.08. The van der Waals surface area contributed by atoms with Gasteiger partial charge in [-0.2, -0.15) is 5.26 Å². The smallest absolute Gasteiger partial charge is 0.0672 e. The lowest BCUT2D eigenvalue weighted by Crippen LogP contribution is -2.56. The second kappa shape index (κ2) is 7.61. The average Bonchev–Trinajstić information content (AvgIpc) is 2.69. The summed E-state index contributed by atoms with van der Waals surface area (Å²) < 4.78 is 0. The fourth-order valence-electron chi connectivity index (χ4n) is 4.38. The van der Waals surface area contributed by atoms with E-state index in [0.717, 1.165) is 18.9 Å². The molecule has 0 saturated heterocycles. The molecule has 2 aliphatic carbocycles. The Labute approximate surface area is 131 Å². The second-order valence-electron chi connectivity index (χ2n) is 7.68. The van der Waals surface area contributed by atoms with Gasteiger partial charge in [-0.1, -0.05) is 39.0 Å². The van der Waals surface area contributed by atoms with Crippen molar-refractivity contribution in [1.29, 1.82) is 5.26 Å². The monoisotopic (exact) mass is 291 g/mol. The first-order valence-corrected chi connectivity index (χ1v) is 8.88. The van der Waals surface area contributed by atoms with Crippen molar-refractivity contribution in [1.82, 2.24) is 10.2 Å². The number of rotatable bonds is 4. The fourth-order valence-corrected chi connectivity index (χ4v) is 4.38. The lowest BCUT2D eigenvalue weighted by Gasteiger charge is -2.46. The van der Waals surface area contributed by atoms with Gasteiger partial charge < -0.3 is 10.2 Å². The molecule has 3 nitrogen and oxygen atoms in total. The third-order valence-electron chi connectivity index (χ3n) is 5.89. The number of nitrogens with zero attached hydrogens (tertiary/aromatic N) is 2. The standard InChI is InChI=1S/C18H33N3/c1-15-8-7-11-18(12-15,21(2)3)14-20-17-10-6-4-5-9-16(17)13-19/h15-17,20H,4-12,14H2,1-3H3. The van der Waals surface area contributed by atoms with E-state index in [1.165, 1.54) is 51.4 Å². The molecule has 21 heavy (non-hydrogen) atoms. The van der Waals surface area contributed by atoms with Crippen molar-refractivity contribution >= 4 is 0 Å². The lowest BCUT2D eigenvalue weighted by atomic mass is 9.75. The molecule has 0 aromatic carbocycles. The van der Waals surface area contributed by atoms with E-state index >= 15 is 0 Å². The van der Waals surface area contributed by atoms with Gasteiger partial charge in [0.15, 0.2) is 0 Å². The highest BCUT2D eigenvalue weighted by atomic mass is 15.2. The Bertz CT molecular complexity index is 360. The maximum atomic E-state index is 9.44. The van der Waals surface area contributed by atoms with E-state index in [1.807, 2.05) is 0 Å². The zero-order valence-electron chi connectivity index (χ0n) is 14.2. The highest BCUT2D eigenvalue weighted by Crippen LogP contribution is 2.35. The summed E-state index contributed by atoms with van der Waals surface area (Å²) in [4.78, 5) is 2.44. The van der Waals surface area contributed by atoms with Crippen molar-refractivity contribution in [2.45, 2.75) is 76.3 Å². The molecular weight excluding hydrogens is 258 g/mol. The minimum absolute atomic E-state index is 0.215. The molecule has 120 valence electrons. The van der Waals surface area contributed by atoms with Gasteiger partial charge in [-0.15, -0.1) is 0 Å². The van der Waals surface area contributed by atoms with Crippen LogP contribution in [0.2, 0.25) is 0 Å². The molecule has 2 rings (SSSR count). The van der Waals surface area contributed by atoms with Crippen LogP contribution in [0.1, 0.15) is 64.7 Å². The summed E-state index contributed by atoms with van der Waals surface area (Å²) >= 11 is 0. The summed E-state index contributed by atoms with van der Waals surface area (Å²) in [5, 5.41) is 13.2. The molecule has 2 aliphatic rings. The van der Waals surface area contributed by atoms with Crippen molar-refractivity contribution in [2.24, 2.45) is 11.8 Å². The van der Waals surface area contributed by atoms with Crippen LogP contribution < -0.4 is 5.32 Å². The van der Waals surface area contributed by atoms with Crippen LogP contribution in [-0.2, 0) is 0 Å². The maximum absolute atomic E-state index is 9.44. The van der Waals surface area contributed by atoms with Crippen molar-refractivity contribution in [3.8, 4) is 6.07 Å². The molecule has 2 saturated carbocycles. The van der Waals surface area contributed by atoms with Crippen molar-refractivity contribution in [3.63, 3.8) is 0 Å². The molecule has 0 aromatic heterocycles. The summed E-state index contributed by atoms with van der Waals surface area (Å²) in [5.41, 5.74) is 0.296. The first-order chi connectivity index (χ1) is 10.1. The predicted octanol–water partition coefficient (Wildman–Crippen LogP) is 3.56. The van der Waals surface area contributed by atoms with Crippen LogP contribution in [0.3, 0.4) is 0 Å². The van der Waals surface area contributed by atoms with Gasteiger partial charge in [0.05, 0.1) is 12.0 Å². The van der Waals surface area contributed by atoms with E-state index in [0.29, 0.717) is 11.6 Å². The van der Waals surface area contributed by atoms with E-state index in [4.69, 9.17) is 0 Å². The highest BCUT2D eigenvalue weighted by Gasteiger charge is 2.37. The third-order valence-corrected chi connectivity index (χ3v) is 5.89. The van der Waals surface area contributed by atoms with Gasteiger partial charge in [-0.25, -0.2) is 0 Å². The minimum atomic E-state index is 0.215. The summed E-state index contributed by atoms with van der Waals surface area (Å²) in [6, 6.07) is 2.96. The van der Waals surface area contributed by atoms with E-state index in [-0.39, 0.29) is 5.92 Å². The van der Waals surface area contributed by atoms with Gasteiger partial charge in [0.2, 0.25) is 0 Å². The van der Waals surface area contributed by atoms with E-state index in [1.54, 1.807) is 0 Å². The van der Waals surface area contributed by atoms with Crippen LogP contribution in [0.25, 0.3) is 0 Å². The zero-order valence-corrected chi connectivity index (χ0v) is 14.2. The molecular formula is C18H33N3. The Morgan fingerprint density at radius 1 is 1.14 bits per heavy atom. The summed E-state index contributed by atoms with van der Waals surface area (Å²) in [6.45, 7) is 3.44. The molecule has 1 N–H and O–H groups in total. The molecule has 0 amide bonds. The van der Waals surface area contributed by atoms with Crippen LogP contribution in [0, 0.1) is 23.2 Å². The second-order valence-corrected chi connectivity index (χ2v) is 7.68. The SMILES string of the molecule is CC1CCCC(CNC2CCCCCC2C#N)(N(C)C)C1. The number of hydrogen-bond donors (Lipinski definition) is 1. The van der Waals surface area contributed by atoms with E-state index in [9.17, 15) is 5.26 Å². The molecule has 4 atom stereocenters. The Balaban J connectivity index is 1.99. The lowest BCUT2D eigenvalue weighted by molar-refractivity contribution is 0.0704. The van der Waals surface area contributed by atoms with Crippen LogP contribution in [-0.4, -0.2) is 37.1 Å². The van der Waals surface area contributed by atoms with Crippen LogP contribution in [0.15, 0.2) is 0 Å². The zero-order chi connectivity index (χ0) is 15.3. The topological polar surface area (TPSA) is 39.1 Å². The van der Waals surface area contributed by atoms with Gasteiger partial charge in [0.25, 0.3) is 0 Å². The average molecular weight is 291 g/mol. The largest absolute Gasteiger partial charge is 0.311 e. The van der Waals surface area contributed by atoms with Gasteiger partial charge in [-0.3, -0.25) is 0 Å². The molecule has 4 unspecified atom stereocenters. The van der Waals surface area contributed by atoms with Crippen molar-refractivity contribution < 1.29 is 0 Å². The molecule has 0 aliphatic heterocycles. The van der Waals surface area contributed by atoms with Crippen LogP contribution in [0.4, 0.5) is 0 Å². The Morgan fingerprint density at radius 3 is 2.57 bits per heavy atom. The third kappa shape index (κ3) is 4.20. The van der Waals surface area contributed by atoms with E-state index < -0.39 is 0 Å². The highest BCUT2D eigenvalue weighted by molar-refractivity contribution is 4.99. The van der Waals surface area contributed by atoms with Crippen LogP contribution >= 0.6 is 0 Å². The number of hydrogen-bond acceptors (Lipinski definition) is 3. The molecule has 3 heteroatoms. The molecule has 2 fully saturated rings. The molecule has 0 radical (unpaired) electrons. The van der Waals surface area contributed by atoms with Crippen LogP contribution in [0.5, 0.6) is 0 Å². The maximum Gasteiger partial charge on any atom is 0.0672 e. The Morgan fingerprint density at radius 2 is 1.90 bits per heavy atom. The molecule has 0 aromatic rings. The molecule has 0 spiro atoms. The van der Waals surface area contributed by atoms with Crippen molar-refractivity contribution in [2.75, 3.05) is 20.6 Å². The summed E-state index contributed by atoms with van der Waals surface area (Å²) in [7, 11) is 4.46. The number of nitriles is 1. The van der Waals surface area contributed by atoms with Crippen molar-refractivity contribution in [3.05, 3.63) is 0 Å². The summed E-state index contributed by atoms with van der Waals surface area (Å²) in [5.74, 6) is 1.04. The molecule has 0 heterocycles. The minimum Gasteiger partial charge on any atom is -0.311 e. The van der Waals surface area contributed by atoms with Gasteiger partial charge in [0, 0.05) is 18.1 Å². The van der Waals surface area contributed by atoms with Gasteiger partial charge in [-0.05, 0) is 45.7 Å². The fraction of sp³-hybridized carbons (Fsp3) is 0.944. The quantitative estimate of drug-likeness (QED) is 0.805. The predicted molar refractivity (Wildman–Crippen MR) is 88.0 cm³/mol. The first kappa shape index (κ1) is 16.8. The van der Waals surface area contributed by atoms with Gasteiger partial charge >= 0.3 is 0 Å². The normalized spacial score (nSPS) is 38.0. The van der Waals surface area contributed by atoms with Gasteiger partial charge in [0.1, 0.15) is 0 Å². The number of nitrogens with one attached hydrogen (secondary N) is 1. The van der Waals surface area contributed by atoms with E-state index in [2.05, 4.69) is 37.3 Å². The first-order valence-electron chi connectivity index (χ1n) is 8.88. The summed E-state index contributed by atoms with van der Waals surface area (Å²) in [6.07, 6.45) is 11.4.